The largest absolute Gasteiger partial charge is 0.504 e. The fraction of sp³-hybridized carbons (Fsp3) is 0.318. The number of hydrogen-bond acceptors (Lipinski definition) is 4. The number of benzene rings is 2. The van der Waals surface area contributed by atoms with Crippen LogP contribution in [0.3, 0.4) is 0 Å². The Labute approximate surface area is 162 Å². The first-order valence-corrected chi connectivity index (χ1v) is 9.33. The molecule has 4 aliphatic rings. The number of carbonyl (C=O) groups excluding carboxylic acids is 1. The molecule has 6 rings (SSSR count). The van der Waals surface area contributed by atoms with Crippen molar-refractivity contribution in [1.29, 1.82) is 5.39 Å². The molecule has 0 unspecified atom stereocenters. The summed E-state index contributed by atoms with van der Waals surface area (Å²) >= 11 is 0. The van der Waals surface area contributed by atoms with Crippen LogP contribution in [0.4, 0.5) is 4.79 Å². The normalized spacial score (nSPS) is 32.2. The Morgan fingerprint density at radius 3 is 2.11 bits per heavy atom. The van der Waals surface area contributed by atoms with Crippen molar-refractivity contribution >= 4 is 6.09 Å². The molecule has 6 heteroatoms. The molecule has 1 aliphatic heterocycles. The fourth-order valence-corrected chi connectivity index (χ4v) is 5.70. The van der Waals surface area contributed by atoms with Crippen molar-refractivity contribution < 1.29 is 14.6 Å². The molecule has 1 amide bonds. The van der Waals surface area contributed by atoms with E-state index >= 15 is 0 Å². The van der Waals surface area contributed by atoms with Gasteiger partial charge in [0.05, 0.1) is 18.0 Å². The lowest BCUT2D eigenvalue weighted by Crippen LogP contribution is -2.66. The molecule has 3 aliphatic carbocycles. The number of amides is 1. The minimum Gasteiger partial charge on any atom is -0.504 e. The third-order valence-corrected chi connectivity index (χ3v) is 6.88. The molecule has 2 aromatic carbocycles. The maximum absolute atomic E-state index is 12.9. The Morgan fingerprint density at radius 2 is 1.61 bits per heavy atom. The highest BCUT2D eigenvalue weighted by molar-refractivity contribution is 5.77. The highest BCUT2D eigenvalue weighted by atomic mass is 16.6. The van der Waals surface area contributed by atoms with E-state index in [4.69, 9.17) is 10.1 Å². The standard InChI is InChI=1S/C22H19N3O3/c1-21-14-7-3-5-9-16(14)22(2,17-10-6-4-8-15(17)21)19-18(21)25(20(27)28-19)12-13(26)11-24-23/h3-11,18-19H,12H2,1-2H3/p+1/b13-11-/t18-,19+,21?,22?/m0/s1. The maximum atomic E-state index is 12.9. The SMILES string of the molecule is CC12c3ccccc3C(C)(c3ccccc31)[C@@H]1[C@H]2OC(=O)N1C/C(O)=C/[N+]#N. The molecule has 0 saturated carbocycles. The average molecular weight is 374 g/mol. The zero-order chi connectivity index (χ0) is 19.7. The van der Waals surface area contributed by atoms with Crippen LogP contribution in [-0.2, 0) is 15.6 Å². The summed E-state index contributed by atoms with van der Waals surface area (Å²) in [6.07, 6.45) is 0.0905. The molecule has 0 radical (unpaired) electrons. The number of nitrogens with zero attached hydrogens (tertiary/aromatic N) is 3. The van der Waals surface area contributed by atoms with Gasteiger partial charge in [0, 0.05) is 5.41 Å². The Bertz CT molecular complexity index is 1040. The number of diazo groups is 1. The summed E-state index contributed by atoms with van der Waals surface area (Å²) in [4.78, 5) is 17.3. The second-order valence-electron chi connectivity index (χ2n) is 8.11. The summed E-state index contributed by atoms with van der Waals surface area (Å²) in [7, 11) is 0. The zero-order valence-corrected chi connectivity index (χ0v) is 15.7. The van der Waals surface area contributed by atoms with Crippen LogP contribution in [-0.4, -0.2) is 34.8 Å². The van der Waals surface area contributed by atoms with E-state index in [0.717, 1.165) is 6.20 Å². The second-order valence-corrected chi connectivity index (χ2v) is 8.11. The molecule has 1 saturated heterocycles. The number of carbonyl (C=O) groups is 1. The van der Waals surface area contributed by atoms with Gasteiger partial charge in [0.1, 0.15) is 6.10 Å². The fourth-order valence-electron chi connectivity index (χ4n) is 5.70. The van der Waals surface area contributed by atoms with E-state index in [1.165, 1.54) is 22.3 Å². The van der Waals surface area contributed by atoms with Crippen molar-refractivity contribution in [2.45, 2.75) is 36.8 Å². The molecule has 140 valence electrons. The van der Waals surface area contributed by atoms with Crippen molar-refractivity contribution in [3.05, 3.63) is 87.7 Å². The van der Waals surface area contributed by atoms with Crippen LogP contribution in [0.5, 0.6) is 0 Å². The van der Waals surface area contributed by atoms with Gasteiger partial charge in [-0.3, -0.25) is 4.90 Å². The number of aliphatic hydroxyl groups excluding tert-OH is 1. The Kier molecular flexibility index (Phi) is 3.21. The first-order chi connectivity index (χ1) is 13.4. The van der Waals surface area contributed by atoms with E-state index in [2.05, 4.69) is 43.1 Å². The van der Waals surface area contributed by atoms with Gasteiger partial charge in [-0.05, 0) is 36.1 Å². The lowest BCUT2D eigenvalue weighted by atomic mass is 9.47. The molecule has 2 atom stereocenters. The second kappa shape index (κ2) is 5.35. The van der Waals surface area contributed by atoms with Gasteiger partial charge in [-0.2, -0.15) is 0 Å². The zero-order valence-electron chi connectivity index (χ0n) is 15.7. The summed E-state index contributed by atoms with van der Waals surface area (Å²) in [6.45, 7) is 4.21. The van der Waals surface area contributed by atoms with Gasteiger partial charge < -0.3 is 9.84 Å². The van der Waals surface area contributed by atoms with E-state index in [9.17, 15) is 9.90 Å². The number of hydrogen-bond donors (Lipinski definition) is 1. The summed E-state index contributed by atoms with van der Waals surface area (Å²) in [5.41, 5.74) is 3.74. The minimum atomic E-state index is -0.488. The first kappa shape index (κ1) is 16.8. The Morgan fingerprint density at radius 1 is 1.11 bits per heavy atom. The number of rotatable bonds is 2. The highest BCUT2D eigenvalue weighted by Crippen LogP contribution is 2.62. The van der Waals surface area contributed by atoms with Gasteiger partial charge in [0.15, 0.2) is 4.98 Å². The summed E-state index contributed by atoms with van der Waals surface area (Å²) in [5.74, 6) is -0.197. The maximum Gasteiger partial charge on any atom is 0.411 e. The molecule has 2 bridgehead atoms. The van der Waals surface area contributed by atoms with Crippen molar-refractivity contribution in [1.82, 2.24) is 4.90 Å². The van der Waals surface area contributed by atoms with Crippen molar-refractivity contribution in [2.24, 2.45) is 0 Å². The molecule has 6 nitrogen and oxygen atoms in total. The lowest BCUT2D eigenvalue weighted by molar-refractivity contribution is 0.0524. The molecule has 2 aromatic rings. The molecular formula is C22H20N3O3+. The van der Waals surface area contributed by atoms with Gasteiger partial charge >= 0.3 is 12.3 Å². The van der Waals surface area contributed by atoms with Crippen LogP contribution in [0.1, 0.15) is 36.1 Å². The highest BCUT2D eigenvalue weighted by Gasteiger charge is 2.68. The minimum absolute atomic E-state index is 0.0694. The summed E-state index contributed by atoms with van der Waals surface area (Å²) in [5, 5.41) is 18.8. The summed E-state index contributed by atoms with van der Waals surface area (Å²) in [6, 6.07) is 16.3. The van der Waals surface area contributed by atoms with E-state index in [0.29, 0.717) is 0 Å². The number of aliphatic hydroxyl groups is 1. The molecule has 1 N–H and O–H groups in total. The van der Waals surface area contributed by atoms with E-state index in [1.807, 2.05) is 24.3 Å². The molecule has 1 fully saturated rings. The van der Waals surface area contributed by atoms with Gasteiger partial charge in [-0.15, -0.1) is 0 Å². The van der Waals surface area contributed by atoms with Gasteiger partial charge in [0.2, 0.25) is 11.2 Å². The topological polar surface area (TPSA) is 77.9 Å². The number of ether oxygens (including phenoxy) is 1. The van der Waals surface area contributed by atoms with Crippen LogP contribution in [0.25, 0.3) is 4.98 Å². The van der Waals surface area contributed by atoms with Crippen LogP contribution in [0, 0.1) is 5.39 Å². The molecule has 0 aromatic heterocycles. The molecular weight excluding hydrogens is 354 g/mol. The predicted octanol–water partition coefficient (Wildman–Crippen LogP) is 4.07. The van der Waals surface area contributed by atoms with Crippen LogP contribution < -0.4 is 0 Å². The van der Waals surface area contributed by atoms with E-state index in [-0.39, 0.29) is 24.4 Å². The van der Waals surface area contributed by atoms with Gasteiger partial charge in [-0.25, -0.2) is 4.79 Å². The van der Waals surface area contributed by atoms with Crippen molar-refractivity contribution in [2.75, 3.05) is 6.54 Å². The van der Waals surface area contributed by atoms with Gasteiger partial charge in [-0.1, -0.05) is 48.5 Å². The average Bonchev–Trinajstić information content (AvgIpc) is 3.03. The molecule has 0 spiro atoms. The van der Waals surface area contributed by atoms with Crippen molar-refractivity contribution in [3.8, 4) is 0 Å². The van der Waals surface area contributed by atoms with Crippen LogP contribution in [0.15, 0.2) is 60.5 Å². The Balaban J connectivity index is 1.79. The van der Waals surface area contributed by atoms with E-state index < -0.39 is 16.9 Å². The first-order valence-electron chi connectivity index (χ1n) is 9.33. The van der Waals surface area contributed by atoms with Gasteiger partial charge in [0.25, 0.3) is 0 Å². The van der Waals surface area contributed by atoms with Crippen LogP contribution in [0.2, 0.25) is 0 Å². The lowest BCUT2D eigenvalue weighted by Gasteiger charge is -2.58. The quantitative estimate of drug-likeness (QED) is 0.635. The predicted molar refractivity (Wildman–Crippen MR) is 102 cm³/mol. The third kappa shape index (κ3) is 1.76. The molecule has 28 heavy (non-hydrogen) atoms. The monoisotopic (exact) mass is 374 g/mol. The van der Waals surface area contributed by atoms with Crippen LogP contribution >= 0.6 is 0 Å². The third-order valence-electron chi connectivity index (χ3n) is 6.88. The van der Waals surface area contributed by atoms with Crippen molar-refractivity contribution in [3.63, 3.8) is 0 Å². The smallest absolute Gasteiger partial charge is 0.411 e. The molecule has 1 heterocycles. The Hall–Kier alpha value is -3.33. The van der Waals surface area contributed by atoms with E-state index in [1.54, 1.807) is 4.90 Å². The summed E-state index contributed by atoms with van der Waals surface area (Å²) < 4.78 is 5.93.